The Bertz CT molecular complexity index is 1500. The number of carbonyl (C=O) groups is 2. The fourth-order valence-corrected chi connectivity index (χ4v) is 3.78. The van der Waals surface area contributed by atoms with Gasteiger partial charge in [0.1, 0.15) is 5.52 Å². The Morgan fingerprint density at radius 1 is 0.857 bits per heavy atom. The molecule has 0 aliphatic heterocycles. The van der Waals surface area contributed by atoms with E-state index < -0.39 is 11.8 Å². The van der Waals surface area contributed by atoms with Gasteiger partial charge in [-0.2, -0.15) is 0 Å². The normalized spacial score (nSPS) is 10.7. The molecule has 0 radical (unpaired) electrons. The molecule has 4 N–H and O–H groups in total. The molecule has 3 aromatic carbocycles. The molecule has 0 aliphatic carbocycles. The molecule has 2 heterocycles. The highest BCUT2D eigenvalue weighted by atomic mass is 16.2. The number of aromatic nitrogens is 3. The van der Waals surface area contributed by atoms with Crippen LogP contribution in [-0.2, 0) is 6.54 Å². The number of nitrogens with two attached hydrogens (primary N) is 1. The molecular weight excluding hydrogens is 440 g/mol. The van der Waals surface area contributed by atoms with Crippen molar-refractivity contribution in [1.29, 1.82) is 0 Å². The van der Waals surface area contributed by atoms with Crippen molar-refractivity contribution < 1.29 is 9.59 Å². The van der Waals surface area contributed by atoms with Crippen LogP contribution >= 0.6 is 0 Å². The monoisotopic (exact) mass is 462 g/mol. The van der Waals surface area contributed by atoms with Crippen molar-refractivity contribution in [2.24, 2.45) is 5.73 Å². The molecule has 172 valence electrons. The van der Waals surface area contributed by atoms with Gasteiger partial charge in [0.05, 0.1) is 0 Å². The van der Waals surface area contributed by atoms with E-state index in [1.807, 2.05) is 72.9 Å². The van der Waals surface area contributed by atoms with Gasteiger partial charge in [0.25, 0.3) is 5.91 Å². The molecule has 0 aliphatic rings. The Labute approximate surface area is 201 Å². The zero-order valence-electron chi connectivity index (χ0n) is 18.7. The van der Waals surface area contributed by atoms with E-state index in [4.69, 9.17) is 5.73 Å². The van der Waals surface area contributed by atoms with Crippen LogP contribution in [-0.4, -0.2) is 26.4 Å². The summed E-state index contributed by atoms with van der Waals surface area (Å²) in [5.41, 5.74) is 9.97. The number of nitrogens with zero attached hydrogens (tertiary/aromatic N) is 3. The van der Waals surface area contributed by atoms with E-state index in [0.29, 0.717) is 23.6 Å². The molecule has 5 rings (SSSR count). The van der Waals surface area contributed by atoms with Gasteiger partial charge in [-0.25, -0.2) is 9.50 Å². The summed E-state index contributed by atoms with van der Waals surface area (Å²) in [4.78, 5) is 28.9. The van der Waals surface area contributed by atoms with Gasteiger partial charge in [0.15, 0.2) is 5.82 Å². The summed E-state index contributed by atoms with van der Waals surface area (Å²) < 4.78 is 1.66. The van der Waals surface area contributed by atoms with E-state index in [1.165, 1.54) is 0 Å². The number of amides is 2. The predicted molar refractivity (Wildman–Crippen MR) is 135 cm³/mol. The molecule has 0 bridgehead atoms. The van der Waals surface area contributed by atoms with Crippen molar-refractivity contribution in [3.8, 4) is 11.1 Å². The molecule has 0 atom stereocenters. The molecule has 2 aromatic heterocycles. The molecule has 0 saturated heterocycles. The number of hydrogen-bond acceptors (Lipinski definition) is 5. The second kappa shape index (κ2) is 9.48. The van der Waals surface area contributed by atoms with Gasteiger partial charge >= 0.3 is 0 Å². The lowest BCUT2D eigenvalue weighted by Crippen LogP contribution is -2.19. The zero-order chi connectivity index (χ0) is 24.2. The van der Waals surface area contributed by atoms with Crippen molar-refractivity contribution in [3.63, 3.8) is 0 Å². The molecule has 8 heteroatoms. The standard InChI is InChI=1S/C27H22N6O2/c28-24(34)20-11-13-21(14-12-20)30-27(35)26-31-25(29-17-18-7-3-1-4-8-18)23-22(15-16-33(23)32-26)19-9-5-2-6-10-19/h1-16H,17H2,(H2,28,34)(H,30,35)(H,29,31,32). The lowest BCUT2D eigenvalue weighted by Gasteiger charge is -2.12. The van der Waals surface area contributed by atoms with E-state index in [9.17, 15) is 9.59 Å². The lowest BCUT2D eigenvalue weighted by molar-refractivity contribution is 0.0997. The number of carbonyl (C=O) groups excluding carboxylic acids is 2. The molecule has 35 heavy (non-hydrogen) atoms. The first-order valence-electron chi connectivity index (χ1n) is 11.0. The second-order valence-corrected chi connectivity index (χ2v) is 7.91. The van der Waals surface area contributed by atoms with Crippen LogP contribution in [0.5, 0.6) is 0 Å². The third-order valence-corrected chi connectivity index (χ3v) is 5.53. The van der Waals surface area contributed by atoms with Crippen LogP contribution in [0.1, 0.15) is 26.5 Å². The van der Waals surface area contributed by atoms with Gasteiger partial charge in [-0.3, -0.25) is 9.59 Å². The first-order valence-corrected chi connectivity index (χ1v) is 11.0. The van der Waals surface area contributed by atoms with Gasteiger partial charge in [0.2, 0.25) is 11.7 Å². The molecule has 5 aromatic rings. The molecule has 0 fully saturated rings. The topological polar surface area (TPSA) is 114 Å². The summed E-state index contributed by atoms with van der Waals surface area (Å²) in [6.07, 6.45) is 1.81. The summed E-state index contributed by atoms with van der Waals surface area (Å²) >= 11 is 0. The van der Waals surface area contributed by atoms with Crippen LogP contribution in [0.25, 0.3) is 16.6 Å². The van der Waals surface area contributed by atoms with Crippen molar-refractivity contribution >= 4 is 28.8 Å². The number of fused-ring (bicyclic) bond motifs is 1. The van der Waals surface area contributed by atoms with Gasteiger partial charge in [0, 0.05) is 29.6 Å². The number of rotatable bonds is 7. The molecule has 2 amide bonds. The van der Waals surface area contributed by atoms with Crippen molar-refractivity contribution in [2.75, 3.05) is 10.6 Å². The Balaban J connectivity index is 1.51. The Hall–Kier alpha value is -4.98. The smallest absolute Gasteiger partial charge is 0.295 e. The van der Waals surface area contributed by atoms with E-state index in [1.54, 1.807) is 28.8 Å². The first-order chi connectivity index (χ1) is 17.1. The summed E-state index contributed by atoms with van der Waals surface area (Å²) in [7, 11) is 0. The van der Waals surface area contributed by atoms with E-state index in [2.05, 4.69) is 20.7 Å². The van der Waals surface area contributed by atoms with Crippen molar-refractivity contribution in [2.45, 2.75) is 6.54 Å². The molecule has 8 nitrogen and oxygen atoms in total. The number of benzene rings is 3. The Kier molecular flexibility index (Phi) is 5.92. The van der Waals surface area contributed by atoms with Crippen LogP contribution in [0, 0.1) is 0 Å². The number of primary amides is 1. The van der Waals surface area contributed by atoms with Gasteiger partial charge in [-0.15, -0.1) is 5.10 Å². The van der Waals surface area contributed by atoms with Crippen LogP contribution < -0.4 is 16.4 Å². The summed E-state index contributed by atoms with van der Waals surface area (Å²) in [6.45, 7) is 0.530. The maximum atomic E-state index is 13.0. The third kappa shape index (κ3) is 4.72. The molecule has 0 unspecified atom stereocenters. The second-order valence-electron chi connectivity index (χ2n) is 7.91. The maximum Gasteiger partial charge on any atom is 0.295 e. The average molecular weight is 463 g/mol. The Morgan fingerprint density at radius 2 is 1.54 bits per heavy atom. The fourth-order valence-electron chi connectivity index (χ4n) is 3.78. The summed E-state index contributed by atoms with van der Waals surface area (Å²) in [5.74, 6) is -0.465. The molecule has 0 spiro atoms. The highest BCUT2D eigenvalue weighted by molar-refractivity contribution is 6.03. The highest BCUT2D eigenvalue weighted by Crippen LogP contribution is 2.30. The largest absolute Gasteiger partial charge is 0.366 e. The predicted octanol–water partition coefficient (Wildman–Crippen LogP) is 4.36. The number of hydrogen-bond donors (Lipinski definition) is 3. The minimum Gasteiger partial charge on any atom is -0.366 e. The highest BCUT2D eigenvalue weighted by Gasteiger charge is 2.18. The Morgan fingerprint density at radius 3 is 2.23 bits per heavy atom. The third-order valence-electron chi connectivity index (χ3n) is 5.53. The minimum absolute atomic E-state index is 0.00208. The number of nitrogens with one attached hydrogen (secondary N) is 2. The average Bonchev–Trinajstić information content (AvgIpc) is 3.33. The lowest BCUT2D eigenvalue weighted by atomic mass is 10.1. The SMILES string of the molecule is NC(=O)c1ccc(NC(=O)c2nc(NCc3ccccc3)c3c(-c4ccccc4)ccn3n2)cc1. The van der Waals surface area contributed by atoms with Crippen LogP contribution in [0.15, 0.2) is 97.2 Å². The van der Waals surface area contributed by atoms with Crippen molar-refractivity contribution in [3.05, 3.63) is 114 Å². The van der Waals surface area contributed by atoms with Gasteiger partial charge in [-0.1, -0.05) is 60.7 Å². The summed E-state index contributed by atoms with van der Waals surface area (Å²) in [6, 6.07) is 28.2. The molecule has 0 saturated carbocycles. The minimum atomic E-state index is -0.535. The van der Waals surface area contributed by atoms with E-state index >= 15 is 0 Å². The quantitative estimate of drug-likeness (QED) is 0.333. The van der Waals surface area contributed by atoms with E-state index in [0.717, 1.165) is 22.2 Å². The van der Waals surface area contributed by atoms with Crippen molar-refractivity contribution in [1.82, 2.24) is 14.6 Å². The molecular formula is C27H22N6O2. The van der Waals surface area contributed by atoms with Crippen LogP contribution in [0.2, 0.25) is 0 Å². The van der Waals surface area contributed by atoms with Gasteiger partial charge in [-0.05, 0) is 41.5 Å². The van der Waals surface area contributed by atoms with Crippen LogP contribution in [0.3, 0.4) is 0 Å². The van der Waals surface area contributed by atoms with Crippen LogP contribution in [0.4, 0.5) is 11.5 Å². The maximum absolute atomic E-state index is 13.0. The zero-order valence-corrected chi connectivity index (χ0v) is 18.7. The number of anilines is 2. The summed E-state index contributed by atoms with van der Waals surface area (Å²) in [5, 5.41) is 10.6. The first kappa shape index (κ1) is 21.8. The fraction of sp³-hybridized carbons (Fsp3) is 0.0370. The van der Waals surface area contributed by atoms with Gasteiger partial charge < -0.3 is 16.4 Å². The van der Waals surface area contributed by atoms with E-state index in [-0.39, 0.29) is 5.82 Å².